The number of hydrogen-bond donors (Lipinski definition) is 1. The Morgan fingerprint density at radius 1 is 1.36 bits per heavy atom. The van der Waals surface area contributed by atoms with Crippen molar-refractivity contribution in [2.75, 3.05) is 0 Å². The molecule has 0 saturated heterocycles. The summed E-state index contributed by atoms with van der Waals surface area (Å²) in [6.07, 6.45) is -1.74. The highest BCUT2D eigenvalue weighted by Gasteiger charge is 2.42. The lowest BCUT2D eigenvalue weighted by Crippen LogP contribution is -2.20. The maximum atomic E-state index is 12.3. The number of pyridine rings is 1. The normalized spacial score (nSPS) is 19.4. The van der Waals surface area contributed by atoms with Crippen molar-refractivity contribution in [2.45, 2.75) is 24.6 Å². The number of nitrogens with zero attached hydrogens (tertiary/aromatic N) is 1. The molecule has 0 bridgehead atoms. The molecule has 1 heterocycles. The Bertz CT molecular complexity index is 335. The van der Waals surface area contributed by atoms with E-state index < -0.39 is 17.4 Å². The van der Waals surface area contributed by atoms with Crippen molar-refractivity contribution < 1.29 is 13.2 Å². The molecule has 2 nitrogen and oxygen atoms in total. The van der Waals surface area contributed by atoms with E-state index in [4.69, 9.17) is 5.73 Å². The van der Waals surface area contributed by atoms with Gasteiger partial charge in [-0.05, 0) is 30.5 Å². The molecule has 2 N–H and O–H groups in total. The largest absolute Gasteiger partial charge is 0.433 e. The van der Waals surface area contributed by atoms with E-state index in [9.17, 15) is 13.2 Å². The van der Waals surface area contributed by atoms with E-state index in [0.717, 1.165) is 25.1 Å². The summed E-state index contributed by atoms with van der Waals surface area (Å²) in [5.41, 5.74) is 4.91. The molecule has 0 aromatic carbocycles. The van der Waals surface area contributed by atoms with Gasteiger partial charge in [-0.1, -0.05) is 0 Å². The minimum atomic E-state index is -4.39. The molecule has 0 aliphatic heterocycles. The van der Waals surface area contributed by atoms with Crippen molar-refractivity contribution in [3.05, 3.63) is 29.6 Å². The van der Waals surface area contributed by atoms with Crippen molar-refractivity contribution >= 4 is 0 Å². The molecule has 0 spiro atoms. The standard InChI is InChI=1S/C9H9F3N2/c10-9(11,12)7-5-6(1-4-14-7)8(13)2-3-8/h1,4-5H,2-3,13H2. The van der Waals surface area contributed by atoms with Gasteiger partial charge in [0.25, 0.3) is 0 Å². The molecule has 1 aliphatic carbocycles. The highest BCUT2D eigenvalue weighted by molar-refractivity contribution is 5.30. The number of rotatable bonds is 1. The van der Waals surface area contributed by atoms with Gasteiger partial charge in [0.2, 0.25) is 0 Å². The Balaban J connectivity index is 2.37. The third-order valence-corrected chi connectivity index (χ3v) is 2.41. The first-order valence-electron chi connectivity index (χ1n) is 4.24. The van der Waals surface area contributed by atoms with Crippen LogP contribution < -0.4 is 5.73 Å². The lowest BCUT2D eigenvalue weighted by molar-refractivity contribution is -0.141. The molecule has 1 aromatic heterocycles. The van der Waals surface area contributed by atoms with Gasteiger partial charge in [-0.3, -0.25) is 4.98 Å². The van der Waals surface area contributed by atoms with Crippen LogP contribution in [0.25, 0.3) is 0 Å². The Labute approximate surface area is 78.9 Å². The van der Waals surface area contributed by atoms with Gasteiger partial charge < -0.3 is 5.73 Å². The minimum absolute atomic E-state index is 0.528. The van der Waals surface area contributed by atoms with Crippen LogP contribution in [0, 0.1) is 0 Å². The average molecular weight is 202 g/mol. The number of hydrogen-bond acceptors (Lipinski definition) is 2. The van der Waals surface area contributed by atoms with Gasteiger partial charge in [0.05, 0.1) is 0 Å². The lowest BCUT2D eigenvalue weighted by Gasteiger charge is -2.11. The van der Waals surface area contributed by atoms with Crippen molar-refractivity contribution in [2.24, 2.45) is 5.73 Å². The summed E-state index contributed by atoms with van der Waals surface area (Å²) in [6, 6.07) is 2.58. The second kappa shape index (κ2) is 2.70. The Hall–Kier alpha value is -1.10. The molecule has 1 aromatic rings. The topological polar surface area (TPSA) is 38.9 Å². The molecule has 0 unspecified atom stereocenters. The van der Waals surface area contributed by atoms with Crippen LogP contribution in [-0.2, 0) is 11.7 Å². The SMILES string of the molecule is NC1(c2ccnc(C(F)(F)F)c2)CC1. The number of halogens is 3. The van der Waals surface area contributed by atoms with Gasteiger partial charge in [-0.25, -0.2) is 0 Å². The van der Waals surface area contributed by atoms with Gasteiger partial charge in [-0.15, -0.1) is 0 Å². The first-order chi connectivity index (χ1) is 6.42. The second-order valence-electron chi connectivity index (χ2n) is 3.58. The summed E-state index contributed by atoms with van der Waals surface area (Å²) in [4.78, 5) is 3.27. The molecule has 0 radical (unpaired) electrons. The molecule has 1 fully saturated rings. The van der Waals surface area contributed by atoms with E-state index in [0.29, 0.717) is 5.56 Å². The summed E-state index contributed by atoms with van der Waals surface area (Å²) >= 11 is 0. The molecule has 0 atom stereocenters. The zero-order valence-electron chi connectivity index (χ0n) is 7.30. The fourth-order valence-corrected chi connectivity index (χ4v) is 1.32. The average Bonchev–Trinajstić information content (AvgIpc) is 2.84. The monoisotopic (exact) mass is 202 g/mol. The van der Waals surface area contributed by atoms with Gasteiger partial charge in [-0.2, -0.15) is 13.2 Å². The van der Waals surface area contributed by atoms with E-state index in [1.807, 2.05) is 0 Å². The summed E-state index contributed by atoms with van der Waals surface area (Å²) in [6.45, 7) is 0. The molecule has 76 valence electrons. The van der Waals surface area contributed by atoms with Gasteiger partial charge in [0.1, 0.15) is 5.69 Å². The van der Waals surface area contributed by atoms with Crippen molar-refractivity contribution in [3.63, 3.8) is 0 Å². The zero-order chi connectivity index (χ0) is 10.4. The van der Waals surface area contributed by atoms with E-state index >= 15 is 0 Å². The number of nitrogens with two attached hydrogens (primary N) is 1. The van der Waals surface area contributed by atoms with Crippen LogP contribution >= 0.6 is 0 Å². The molecular weight excluding hydrogens is 193 g/mol. The summed E-state index contributed by atoms with van der Waals surface area (Å²) in [5, 5.41) is 0. The summed E-state index contributed by atoms with van der Waals surface area (Å²) in [5.74, 6) is 0. The molecular formula is C9H9F3N2. The maximum Gasteiger partial charge on any atom is 0.433 e. The summed E-state index contributed by atoms with van der Waals surface area (Å²) in [7, 11) is 0. The van der Waals surface area contributed by atoms with Crippen molar-refractivity contribution in [1.29, 1.82) is 0 Å². The third kappa shape index (κ3) is 1.59. The highest BCUT2D eigenvalue weighted by atomic mass is 19.4. The van der Waals surface area contributed by atoms with Crippen molar-refractivity contribution in [1.82, 2.24) is 4.98 Å². The first-order valence-corrected chi connectivity index (χ1v) is 4.24. The van der Waals surface area contributed by atoms with Gasteiger partial charge >= 0.3 is 6.18 Å². The molecule has 1 aliphatic rings. The lowest BCUT2D eigenvalue weighted by atomic mass is 10.1. The molecule has 0 amide bonds. The molecule has 14 heavy (non-hydrogen) atoms. The van der Waals surface area contributed by atoms with Crippen LogP contribution in [-0.4, -0.2) is 4.98 Å². The van der Waals surface area contributed by atoms with E-state index in [1.165, 1.54) is 0 Å². The second-order valence-corrected chi connectivity index (χ2v) is 3.58. The highest BCUT2D eigenvalue weighted by Crippen LogP contribution is 2.43. The van der Waals surface area contributed by atoms with E-state index in [1.54, 1.807) is 6.07 Å². The number of alkyl halides is 3. The quantitative estimate of drug-likeness (QED) is 0.756. The third-order valence-electron chi connectivity index (χ3n) is 2.41. The predicted molar refractivity (Wildman–Crippen MR) is 44.3 cm³/mol. The van der Waals surface area contributed by atoms with Crippen LogP contribution in [0.3, 0.4) is 0 Å². The van der Waals surface area contributed by atoms with Crippen LogP contribution in [0.2, 0.25) is 0 Å². The Kier molecular flexibility index (Phi) is 1.82. The van der Waals surface area contributed by atoms with Crippen LogP contribution in [0.4, 0.5) is 13.2 Å². The van der Waals surface area contributed by atoms with Gasteiger partial charge in [0.15, 0.2) is 0 Å². The minimum Gasteiger partial charge on any atom is -0.321 e. The van der Waals surface area contributed by atoms with E-state index in [-0.39, 0.29) is 0 Å². The van der Waals surface area contributed by atoms with Crippen LogP contribution in [0.15, 0.2) is 18.3 Å². The zero-order valence-corrected chi connectivity index (χ0v) is 7.30. The summed E-state index contributed by atoms with van der Waals surface area (Å²) < 4.78 is 36.8. The molecule has 1 saturated carbocycles. The fourth-order valence-electron chi connectivity index (χ4n) is 1.32. The smallest absolute Gasteiger partial charge is 0.321 e. The maximum absolute atomic E-state index is 12.3. The first kappa shape index (κ1) is 9.45. The van der Waals surface area contributed by atoms with E-state index in [2.05, 4.69) is 4.98 Å². The predicted octanol–water partition coefficient (Wildman–Crippen LogP) is 2.05. The fraction of sp³-hybridized carbons (Fsp3) is 0.444. The Morgan fingerprint density at radius 3 is 2.50 bits per heavy atom. The van der Waals surface area contributed by atoms with Crippen LogP contribution in [0.5, 0.6) is 0 Å². The molecule has 5 heteroatoms. The van der Waals surface area contributed by atoms with Gasteiger partial charge in [0, 0.05) is 11.7 Å². The molecule has 2 rings (SSSR count). The van der Waals surface area contributed by atoms with Crippen LogP contribution in [0.1, 0.15) is 24.1 Å². The van der Waals surface area contributed by atoms with Crippen molar-refractivity contribution in [3.8, 4) is 0 Å². The Morgan fingerprint density at radius 2 is 2.00 bits per heavy atom. The number of aromatic nitrogens is 1.